The Kier molecular flexibility index (Phi) is 5.70. The summed E-state index contributed by atoms with van der Waals surface area (Å²) in [5, 5.41) is 0. The van der Waals surface area contributed by atoms with Gasteiger partial charge in [0, 0.05) is 13.0 Å². The van der Waals surface area contributed by atoms with Crippen molar-refractivity contribution >= 4 is 11.7 Å². The van der Waals surface area contributed by atoms with Crippen LogP contribution in [-0.4, -0.2) is 27.1 Å². The molecule has 3 nitrogen and oxygen atoms in total. The lowest BCUT2D eigenvalue weighted by Gasteiger charge is -2.24. The number of rotatable bonds is 2. The highest BCUT2D eigenvalue weighted by atomic mass is 79.9. The number of benzene rings is 2. The first-order valence-electron chi connectivity index (χ1n) is 6.58. The van der Waals surface area contributed by atoms with E-state index in [2.05, 4.69) is 24.3 Å². The van der Waals surface area contributed by atoms with E-state index in [1.807, 2.05) is 39.3 Å². The van der Waals surface area contributed by atoms with Gasteiger partial charge in [0.05, 0.1) is 21.1 Å². The molecule has 0 aromatic heterocycles. The first-order valence-corrected chi connectivity index (χ1v) is 6.58. The number of quaternary nitrogens is 1. The van der Waals surface area contributed by atoms with E-state index in [1.54, 1.807) is 6.07 Å². The second-order valence-corrected chi connectivity index (χ2v) is 5.65. The zero-order valence-corrected chi connectivity index (χ0v) is 14.3. The van der Waals surface area contributed by atoms with Crippen molar-refractivity contribution in [3.05, 3.63) is 48.5 Å². The van der Waals surface area contributed by atoms with Crippen LogP contribution in [0.15, 0.2) is 48.5 Å². The van der Waals surface area contributed by atoms with Gasteiger partial charge in [0.15, 0.2) is 11.4 Å². The minimum absolute atomic E-state index is 0. The lowest BCUT2D eigenvalue weighted by atomic mass is 10.2. The first kappa shape index (κ1) is 17.4. The molecule has 0 amide bonds. The molecule has 0 saturated heterocycles. The lowest BCUT2D eigenvalue weighted by molar-refractivity contribution is -0.131. The number of ether oxygens (including phenoxy) is 1. The van der Waals surface area contributed by atoms with Gasteiger partial charge >= 0.3 is 5.97 Å². The Bertz CT molecular complexity index is 615. The summed E-state index contributed by atoms with van der Waals surface area (Å²) in [6.45, 7) is 1.41. The maximum absolute atomic E-state index is 10.9. The molecule has 0 radical (unpaired) electrons. The summed E-state index contributed by atoms with van der Waals surface area (Å²) < 4.78 is 5.75. The Labute approximate surface area is 136 Å². The highest BCUT2D eigenvalue weighted by Gasteiger charge is 2.18. The van der Waals surface area contributed by atoms with Crippen LogP contribution in [0, 0.1) is 0 Å². The second-order valence-electron chi connectivity index (χ2n) is 5.65. The van der Waals surface area contributed by atoms with Crippen LogP contribution in [-0.2, 0) is 4.79 Å². The van der Waals surface area contributed by atoms with E-state index < -0.39 is 0 Å². The Morgan fingerprint density at radius 1 is 0.952 bits per heavy atom. The number of carbonyl (C=O) groups is 1. The summed E-state index contributed by atoms with van der Waals surface area (Å²) in [6, 6.07) is 16.0. The molecule has 3 rings (SSSR count). The molecule has 0 unspecified atom stereocenters. The number of nitrogens with zero attached hydrogens (tertiary/aromatic N) is 1. The highest BCUT2D eigenvalue weighted by molar-refractivity contribution is 5.80. The molecule has 0 bridgehead atoms. The Balaban J connectivity index is 0.000000259. The molecule has 0 fully saturated rings. The minimum atomic E-state index is -0.286. The Morgan fingerprint density at radius 3 is 1.90 bits per heavy atom. The van der Waals surface area contributed by atoms with Gasteiger partial charge in [0.1, 0.15) is 0 Å². The standard InChI is InChI=1S/C11H16NO2.C6H4.BrH/c1-9(13)14-11-8-6-5-7-10(11)12(2,3)4;1-2-5-4-6(5)3-1;/h5-8H,1-4H3;1-4H;1H/q+1;;/p-1. The molecule has 0 N–H and O–H groups in total. The van der Waals surface area contributed by atoms with Crippen LogP contribution < -0.4 is 26.2 Å². The predicted octanol–water partition coefficient (Wildman–Crippen LogP) is 0.480. The van der Waals surface area contributed by atoms with Crippen molar-refractivity contribution in [3.63, 3.8) is 0 Å². The van der Waals surface area contributed by atoms with Crippen molar-refractivity contribution in [2.45, 2.75) is 6.92 Å². The van der Waals surface area contributed by atoms with E-state index in [4.69, 9.17) is 4.74 Å². The third-order valence-corrected chi connectivity index (χ3v) is 2.95. The first-order chi connectivity index (χ1) is 9.38. The fraction of sp³-hybridized carbons (Fsp3) is 0.235. The van der Waals surface area contributed by atoms with Crippen molar-refractivity contribution in [3.8, 4) is 16.9 Å². The molecule has 21 heavy (non-hydrogen) atoms. The second kappa shape index (κ2) is 6.87. The van der Waals surface area contributed by atoms with Gasteiger partial charge in [-0.05, 0) is 23.3 Å². The van der Waals surface area contributed by atoms with Gasteiger partial charge in [-0.15, -0.1) is 0 Å². The van der Waals surface area contributed by atoms with E-state index in [-0.39, 0.29) is 23.0 Å². The molecule has 112 valence electrons. The minimum Gasteiger partial charge on any atom is -1.00 e. The van der Waals surface area contributed by atoms with E-state index in [9.17, 15) is 4.79 Å². The van der Waals surface area contributed by atoms with Crippen LogP contribution in [0.25, 0.3) is 11.1 Å². The van der Waals surface area contributed by atoms with Crippen LogP contribution in [0.1, 0.15) is 6.92 Å². The quantitative estimate of drug-likeness (QED) is 0.382. The van der Waals surface area contributed by atoms with Gasteiger partial charge in [0.2, 0.25) is 0 Å². The molecule has 2 aliphatic rings. The van der Waals surface area contributed by atoms with Gasteiger partial charge in [-0.25, -0.2) is 0 Å². The number of halogens is 1. The van der Waals surface area contributed by atoms with Gasteiger partial charge < -0.3 is 21.7 Å². The molecule has 1 aromatic carbocycles. The SMILES string of the molecule is CC(=O)Oc1ccccc1[N+](C)(C)C.[Br-].c1cc2cc-2c1. The average molecular weight is 350 g/mol. The molecule has 2 aliphatic carbocycles. The number of carbonyl (C=O) groups excluding carboxylic acids is 1. The summed E-state index contributed by atoms with van der Waals surface area (Å²) in [7, 11) is 6.09. The molecule has 0 heterocycles. The third kappa shape index (κ3) is 4.99. The fourth-order valence-electron chi connectivity index (χ4n) is 1.93. The molecule has 0 atom stereocenters. The van der Waals surface area contributed by atoms with Gasteiger partial charge in [-0.2, -0.15) is 0 Å². The summed E-state index contributed by atoms with van der Waals surface area (Å²) >= 11 is 0. The number of esters is 1. The maximum Gasteiger partial charge on any atom is 0.308 e. The molecule has 4 heteroatoms. The molecule has 0 aliphatic heterocycles. The van der Waals surface area contributed by atoms with Crippen LogP contribution in [0.3, 0.4) is 0 Å². The highest BCUT2D eigenvalue weighted by Crippen LogP contribution is 2.32. The van der Waals surface area contributed by atoms with Crippen molar-refractivity contribution < 1.29 is 26.5 Å². The summed E-state index contributed by atoms with van der Waals surface area (Å²) in [5.41, 5.74) is 3.84. The largest absolute Gasteiger partial charge is 1.00 e. The topological polar surface area (TPSA) is 26.3 Å². The number of hydrogen-bond acceptors (Lipinski definition) is 2. The lowest BCUT2D eigenvalue weighted by Crippen LogP contribution is -3.00. The van der Waals surface area contributed by atoms with E-state index >= 15 is 0 Å². The smallest absolute Gasteiger partial charge is 0.308 e. The fourth-order valence-corrected chi connectivity index (χ4v) is 1.93. The monoisotopic (exact) mass is 349 g/mol. The van der Waals surface area contributed by atoms with Gasteiger partial charge in [-0.3, -0.25) is 9.28 Å². The molecule has 0 spiro atoms. The zero-order chi connectivity index (χ0) is 14.8. The predicted molar refractivity (Wildman–Crippen MR) is 82.8 cm³/mol. The van der Waals surface area contributed by atoms with Crippen LogP contribution in [0.5, 0.6) is 5.75 Å². The molecule has 0 saturated carbocycles. The van der Waals surface area contributed by atoms with Crippen LogP contribution in [0.2, 0.25) is 0 Å². The van der Waals surface area contributed by atoms with E-state index in [0.29, 0.717) is 10.2 Å². The van der Waals surface area contributed by atoms with Crippen LogP contribution >= 0.6 is 0 Å². The van der Waals surface area contributed by atoms with Crippen molar-refractivity contribution in [2.24, 2.45) is 0 Å². The van der Waals surface area contributed by atoms with Gasteiger partial charge in [-0.1, -0.05) is 30.3 Å². The molecular formula is C17H20BrNO2. The average Bonchev–Trinajstić information content (AvgIpc) is 2.95. The summed E-state index contributed by atoms with van der Waals surface area (Å²) in [5.74, 6) is 0.346. The normalized spacial score (nSPS) is 10.7. The number of fused-ring (bicyclic) bond motifs is 1. The van der Waals surface area contributed by atoms with Crippen molar-refractivity contribution in [1.82, 2.24) is 4.48 Å². The molecule has 1 aromatic rings. The van der Waals surface area contributed by atoms with E-state index in [1.165, 1.54) is 18.1 Å². The Hall–Kier alpha value is -1.65. The number of para-hydroxylation sites is 2. The molecular weight excluding hydrogens is 330 g/mol. The van der Waals surface area contributed by atoms with Crippen molar-refractivity contribution in [1.29, 1.82) is 0 Å². The van der Waals surface area contributed by atoms with Gasteiger partial charge in [0.25, 0.3) is 0 Å². The van der Waals surface area contributed by atoms with Crippen molar-refractivity contribution in [2.75, 3.05) is 21.1 Å². The van der Waals surface area contributed by atoms with E-state index in [0.717, 1.165) is 5.69 Å². The summed E-state index contributed by atoms with van der Waals surface area (Å²) in [4.78, 5) is 10.9. The zero-order valence-electron chi connectivity index (χ0n) is 12.8. The summed E-state index contributed by atoms with van der Waals surface area (Å²) in [6.07, 6.45) is 0. The van der Waals surface area contributed by atoms with Crippen LogP contribution in [0.4, 0.5) is 5.69 Å². The third-order valence-electron chi connectivity index (χ3n) is 2.95. The Morgan fingerprint density at radius 2 is 1.52 bits per heavy atom. The maximum atomic E-state index is 10.9. The number of hydrogen-bond donors (Lipinski definition) is 0.